The van der Waals surface area contributed by atoms with Crippen LogP contribution in [0.3, 0.4) is 0 Å². The van der Waals surface area contributed by atoms with Gasteiger partial charge in [0.15, 0.2) is 4.96 Å². The molecule has 20 heavy (non-hydrogen) atoms. The number of hydrogen-bond donors (Lipinski definition) is 1. The Bertz CT molecular complexity index is 730. The molecular weight excluding hydrogens is 270 g/mol. The first kappa shape index (κ1) is 13.1. The molecule has 0 atom stereocenters. The van der Waals surface area contributed by atoms with Crippen LogP contribution in [-0.4, -0.2) is 9.38 Å². The number of hydrogen-bond acceptors (Lipinski definition) is 4. The van der Waals surface area contributed by atoms with Gasteiger partial charge in [-0.3, -0.25) is 4.40 Å². The fourth-order valence-electron chi connectivity index (χ4n) is 2.23. The lowest BCUT2D eigenvalue weighted by atomic mass is 10.0. The minimum absolute atomic E-state index is 0.399. The summed E-state index contributed by atoms with van der Waals surface area (Å²) in [5.74, 6) is 1.85. The lowest BCUT2D eigenvalue weighted by Crippen LogP contribution is -2.02. The Morgan fingerprint density at radius 2 is 2.15 bits per heavy atom. The van der Waals surface area contributed by atoms with Crippen LogP contribution in [0.2, 0.25) is 0 Å². The first-order valence-corrected chi connectivity index (χ1v) is 7.50. The summed E-state index contributed by atoms with van der Waals surface area (Å²) in [5, 5.41) is 1.99. The van der Waals surface area contributed by atoms with Crippen LogP contribution in [0.4, 0.5) is 0 Å². The monoisotopic (exact) mass is 287 g/mol. The topological polar surface area (TPSA) is 52.5 Å². The molecule has 0 amide bonds. The Labute approximate surface area is 121 Å². The standard InChI is InChI=1S/C15H17N3OS/c1-10(2)11-5-3-4-6-13(11)19-14-12(9-16)18-7-8-20-15(18)17-14/h3-8,10H,9,16H2,1-2H3. The average molecular weight is 287 g/mol. The molecule has 104 valence electrons. The van der Waals surface area contributed by atoms with Crippen molar-refractivity contribution in [2.75, 3.05) is 0 Å². The molecule has 3 aromatic rings. The Hall–Kier alpha value is -1.85. The highest BCUT2D eigenvalue weighted by Crippen LogP contribution is 2.32. The number of rotatable bonds is 4. The predicted molar refractivity (Wildman–Crippen MR) is 81.6 cm³/mol. The van der Waals surface area contributed by atoms with Gasteiger partial charge in [0.2, 0.25) is 5.88 Å². The summed E-state index contributed by atoms with van der Waals surface area (Å²) in [7, 11) is 0. The third kappa shape index (κ3) is 2.19. The van der Waals surface area contributed by atoms with Crippen molar-refractivity contribution in [2.24, 2.45) is 5.73 Å². The predicted octanol–water partition coefficient (Wildman–Crippen LogP) is 3.77. The maximum absolute atomic E-state index is 6.03. The van der Waals surface area contributed by atoms with Gasteiger partial charge in [0.05, 0.1) is 0 Å². The molecule has 0 fully saturated rings. The molecule has 3 rings (SSSR count). The first-order chi connectivity index (χ1) is 9.70. The van der Waals surface area contributed by atoms with Crippen molar-refractivity contribution in [1.82, 2.24) is 9.38 Å². The zero-order chi connectivity index (χ0) is 14.1. The summed E-state index contributed by atoms with van der Waals surface area (Å²) in [4.78, 5) is 5.42. The van der Waals surface area contributed by atoms with E-state index in [1.807, 2.05) is 34.2 Å². The normalized spacial score (nSPS) is 11.4. The molecule has 0 unspecified atom stereocenters. The quantitative estimate of drug-likeness (QED) is 0.794. The molecule has 2 aromatic heterocycles. The van der Waals surface area contributed by atoms with Crippen LogP contribution < -0.4 is 10.5 Å². The van der Waals surface area contributed by atoms with Gasteiger partial charge in [0, 0.05) is 18.1 Å². The molecule has 2 N–H and O–H groups in total. The molecule has 0 aliphatic heterocycles. The molecule has 0 aliphatic carbocycles. The average Bonchev–Trinajstić information content (AvgIpc) is 2.99. The van der Waals surface area contributed by atoms with E-state index in [9.17, 15) is 0 Å². The maximum Gasteiger partial charge on any atom is 0.243 e. The van der Waals surface area contributed by atoms with Crippen molar-refractivity contribution in [3.05, 3.63) is 47.1 Å². The second kappa shape index (κ2) is 5.26. The van der Waals surface area contributed by atoms with Crippen LogP contribution in [0.1, 0.15) is 31.0 Å². The summed E-state index contributed by atoms with van der Waals surface area (Å²) in [6.07, 6.45) is 1.97. The molecule has 0 saturated carbocycles. The maximum atomic E-state index is 6.03. The molecule has 5 heteroatoms. The van der Waals surface area contributed by atoms with Crippen LogP contribution in [-0.2, 0) is 6.54 Å². The minimum atomic E-state index is 0.399. The Morgan fingerprint density at radius 3 is 2.90 bits per heavy atom. The Morgan fingerprint density at radius 1 is 1.35 bits per heavy atom. The molecule has 0 bridgehead atoms. The van der Waals surface area contributed by atoms with Crippen molar-refractivity contribution in [3.8, 4) is 11.6 Å². The van der Waals surface area contributed by atoms with Gasteiger partial charge in [-0.1, -0.05) is 32.0 Å². The van der Waals surface area contributed by atoms with E-state index >= 15 is 0 Å². The number of para-hydroxylation sites is 1. The highest BCUT2D eigenvalue weighted by atomic mass is 32.1. The van der Waals surface area contributed by atoms with E-state index in [0.29, 0.717) is 18.3 Å². The van der Waals surface area contributed by atoms with E-state index in [-0.39, 0.29) is 0 Å². The third-order valence-electron chi connectivity index (χ3n) is 3.27. The molecule has 0 aliphatic rings. The van der Waals surface area contributed by atoms with Gasteiger partial charge >= 0.3 is 0 Å². The number of thiazole rings is 1. The second-order valence-corrected chi connectivity index (χ2v) is 5.79. The van der Waals surface area contributed by atoms with Crippen LogP contribution in [0.5, 0.6) is 11.6 Å². The van der Waals surface area contributed by atoms with Crippen molar-refractivity contribution < 1.29 is 4.74 Å². The van der Waals surface area contributed by atoms with Gasteiger partial charge < -0.3 is 10.5 Å². The first-order valence-electron chi connectivity index (χ1n) is 6.62. The van der Waals surface area contributed by atoms with Gasteiger partial charge in [-0.2, -0.15) is 4.98 Å². The molecular formula is C15H17N3OS. The molecule has 1 aromatic carbocycles. The van der Waals surface area contributed by atoms with Crippen LogP contribution in [0.15, 0.2) is 35.8 Å². The highest BCUT2D eigenvalue weighted by molar-refractivity contribution is 7.15. The van der Waals surface area contributed by atoms with Gasteiger partial charge in [0.25, 0.3) is 0 Å². The highest BCUT2D eigenvalue weighted by Gasteiger charge is 2.16. The molecule has 4 nitrogen and oxygen atoms in total. The number of aromatic nitrogens is 2. The summed E-state index contributed by atoms with van der Waals surface area (Å²) < 4.78 is 8.01. The molecule has 0 spiro atoms. The smallest absolute Gasteiger partial charge is 0.243 e. The van der Waals surface area contributed by atoms with Crippen molar-refractivity contribution in [1.29, 1.82) is 0 Å². The molecule has 2 heterocycles. The summed E-state index contributed by atoms with van der Waals surface area (Å²) >= 11 is 1.58. The van der Waals surface area contributed by atoms with Gasteiger partial charge in [-0.05, 0) is 17.5 Å². The third-order valence-corrected chi connectivity index (χ3v) is 4.02. The summed E-state index contributed by atoms with van der Waals surface area (Å²) in [5.41, 5.74) is 7.91. The number of nitrogens with two attached hydrogens (primary N) is 1. The van der Waals surface area contributed by atoms with E-state index in [2.05, 4.69) is 24.9 Å². The largest absolute Gasteiger partial charge is 0.437 e. The second-order valence-electron chi connectivity index (χ2n) is 4.92. The van der Waals surface area contributed by atoms with Crippen molar-refractivity contribution >= 4 is 16.3 Å². The Kier molecular flexibility index (Phi) is 3.46. The number of nitrogens with zero attached hydrogens (tertiary/aromatic N) is 2. The fraction of sp³-hybridized carbons (Fsp3) is 0.267. The van der Waals surface area contributed by atoms with E-state index in [1.165, 1.54) is 5.56 Å². The molecule has 0 radical (unpaired) electrons. The Balaban J connectivity index is 2.03. The van der Waals surface area contributed by atoms with E-state index in [0.717, 1.165) is 16.4 Å². The number of ether oxygens (including phenoxy) is 1. The van der Waals surface area contributed by atoms with Gasteiger partial charge in [0.1, 0.15) is 11.4 Å². The lowest BCUT2D eigenvalue weighted by molar-refractivity contribution is 0.451. The van der Waals surface area contributed by atoms with Crippen LogP contribution in [0.25, 0.3) is 4.96 Å². The summed E-state index contributed by atoms with van der Waals surface area (Å²) in [6.45, 7) is 4.70. The molecule has 0 saturated heterocycles. The zero-order valence-electron chi connectivity index (χ0n) is 11.5. The lowest BCUT2D eigenvalue weighted by Gasteiger charge is -2.12. The minimum Gasteiger partial charge on any atom is -0.437 e. The van der Waals surface area contributed by atoms with E-state index in [1.54, 1.807) is 11.3 Å². The van der Waals surface area contributed by atoms with Crippen molar-refractivity contribution in [3.63, 3.8) is 0 Å². The number of imidazole rings is 1. The zero-order valence-corrected chi connectivity index (χ0v) is 12.4. The summed E-state index contributed by atoms with van der Waals surface area (Å²) in [6, 6.07) is 8.06. The van der Waals surface area contributed by atoms with E-state index in [4.69, 9.17) is 10.5 Å². The number of benzene rings is 1. The van der Waals surface area contributed by atoms with Crippen molar-refractivity contribution in [2.45, 2.75) is 26.3 Å². The van der Waals surface area contributed by atoms with Gasteiger partial charge in [-0.15, -0.1) is 11.3 Å². The van der Waals surface area contributed by atoms with Gasteiger partial charge in [-0.25, -0.2) is 0 Å². The van der Waals surface area contributed by atoms with Crippen LogP contribution in [0, 0.1) is 0 Å². The fourth-order valence-corrected chi connectivity index (χ4v) is 2.96. The number of fused-ring (bicyclic) bond motifs is 1. The van der Waals surface area contributed by atoms with Crippen LogP contribution >= 0.6 is 11.3 Å². The SMILES string of the molecule is CC(C)c1ccccc1Oc1nc2sccn2c1CN. The van der Waals surface area contributed by atoms with E-state index < -0.39 is 0 Å².